The van der Waals surface area contributed by atoms with Crippen molar-refractivity contribution in [3.05, 3.63) is 59.7 Å². The zero-order valence-corrected chi connectivity index (χ0v) is 13.2. The minimum atomic E-state index is -0.0405. The fourth-order valence-corrected chi connectivity index (χ4v) is 3.40. The molecule has 0 N–H and O–H groups in total. The Balaban J connectivity index is 1.89. The first kappa shape index (κ1) is 14.2. The Bertz CT molecular complexity index is 651. The molecule has 1 atom stereocenters. The Morgan fingerprint density at radius 2 is 1.81 bits per heavy atom. The van der Waals surface area contributed by atoms with Crippen molar-refractivity contribution >= 4 is 23.4 Å². The van der Waals surface area contributed by atoms with E-state index in [1.807, 2.05) is 30.0 Å². The maximum atomic E-state index is 12.6. The van der Waals surface area contributed by atoms with E-state index in [1.54, 1.807) is 11.8 Å². The van der Waals surface area contributed by atoms with Gasteiger partial charge in [0.05, 0.1) is 5.92 Å². The molecule has 1 heterocycles. The molecule has 0 aliphatic carbocycles. The first-order valence-corrected chi connectivity index (χ1v) is 8.50. The second-order valence-electron chi connectivity index (χ2n) is 5.25. The van der Waals surface area contributed by atoms with Gasteiger partial charge in [-0.15, -0.1) is 11.8 Å². The van der Waals surface area contributed by atoms with Crippen LogP contribution in [0.1, 0.15) is 24.0 Å². The molecule has 0 unspecified atom stereocenters. The van der Waals surface area contributed by atoms with Crippen molar-refractivity contribution in [3.8, 4) is 0 Å². The highest BCUT2D eigenvalue weighted by Crippen LogP contribution is 2.38. The van der Waals surface area contributed by atoms with Crippen molar-refractivity contribution in [1.29, 1.82) is 0 Å². The summed E-state index contributed by atoms with van der Waals surface area (Å²) in [6.07, 6.45) is 2.85. The zero-order chi connectivity index (χ0) is 14.8. The number of fused-ring (bicyclic) bond motifs is 1. The van der Waals surface area contributed by atoms with E-state index in [1.165, 1.54) is 16.0 Å². The second-order valence-corrected chi connectivity index (χ2v) is 6.13. The Morgan fingerprint density at radius 1 is 1.10 bits per heavy atom. The van der Waals surface area contributed by atoms with Gasteiger partial charge in [0.15, 0.2) is 0 Å². The van der Waals surface area contributed by atoms with Crippen LogP contribution in [0, 0.1) is 0 Å². The third kappa shape index (κ3) is 2.58. The first-order valence-electron chi connectivity index (χ1n) is 7.27. The second kappa shape index (κ2) is 5.94. The summed E-state index contributed by atoms with van der Waals surface area (Å²) in [5.41, 5.74) is 3.47. The van der Waals surface area contributed by atoms with Gasteiger partial charge in [-0.1, -0.05) is 30.3 Å². The van der Waals surface area contributed by atoms with Crippen LogP contribution >= 0.6 is 11.8 Å². The van der Waals surface area contributed by atoms with Crippen LogP contribution in [-0.2, 0) is 11.2 Å². The lowest BCUT2D eigenvalue weighted by Crippen LogP contribution is -2.29. The van der Waals surface area contributed by atoms with E-state index >= 15 is 0 Å². The number of carbonyl (C=O) groups is 1. The molecule has 0 spiro atoms. The van der Waals surface area contributed by atoms with Gasteiger partial charge >= 0.3 is 0 Å². The molecular weight excluding hydrogens is 278 g/mol. The highest BCUT2D eigenvalue weighted by Gasteiger charge is 2.35. The first-order chi connectivity index (χ1) is 10.2. The number of amides is 1. The van der Waals surface area contributed by atoms with Gasteiger partial charge in [-0.05, 0) is 48.9 Å². The van der Waals surface area contributed by atoms with Crippen LogP contribution in [0.25, 0.3) is 0 Å². The molecule has 2 nitrogen and oxygen atoms in total. The number of thioether (sulfide) groups is 1. The van der Waals surface area contributed by atoms with E-state index in [4.69, 9.17) is 0 Å². The van der Waals surface area contributed by atoms with Gasteiger partial charge < -0.3 is 4.90 Å². The average Bonchev–Trinajstić information content (AvgIpc) is 2.80. The van der Waals surface area contributed by atoms with Crippen LogP contribution in [0.3, 0.4) is 0 Å². The number of rotatable bonds is 4. The Morgan fingerprint density at radius 3 is 2.48 bits per heavy atom. The fourth-order valence-electron chi connectivity index (χ4n) is 2.99. The van der Waals surface area contributed by atoms with Gasteiger partial charge in [0, 0.05) is 17.1 Å². The molecule has 0 bridgehead atoms. The number of benzene rings is 2. The highest BCUT2D eigenvalue weighted by atomic mass is 32.2. The quantitative estimate of drug-likeness (QED) is 0.792. The van der Waals surface area contributed by atoms with Crippen molar-refractivity contribution in [3.63, 3.8) is 0 Å². The lowest BCUT2D eigenvalue weighted by molar-refractivity contribution is -0.119. The lowest BCUT2D eigenvalue weighted by Gasteiger charge is -2.15. The molecule has 3 rings (SSSR count). The summed E-state index contributed by atoms with van der Waals surface area (Å²) in [6.45, 7) is 2.77. The number of hydrogen-bond donors (Lipinski definition) is 0. The smallest absolute Gasteiger partial charge is 0.234 e. The Labute approximate surface area is 130 Å². The van der Waals surface area contributed by atoms with Gasteiger partial charge in [-0.25, -0.2) is 0 Å². The van der Waals surface area contributed by atoms with Crippen molar-refractivity contribution < 1.29 is 4.79 Å². The summed E-state index contributed by atoms with van der Waals surface area (Å²) < 4.78 is 0. The fraction of sp³-hybridized carbons (Fsp3) is 0.278. The highest BCUT2D eigenvalue weighted by molar-refractivity contribution is 7.98. The minimum absolute atomic E-state index is 0.0405. The topological polar surface area (TPSA) is 20.3 Å². The van der Waals surface area contributed by atoms with E-state index in [0.717, 1.165) is 18.7 Å². The number of carbonyl (C=O) groups excluding carboxylic acids is 1. The summed E-state index contributed by atoms with van der Waals surface area (Å²) >= 11 is 1.74. The summed E-state index contributed by atoms with van der Waals surface area (Å²) in [6, 6.07) is 16.7. The Kier molecular flexibility index (Phi) is 4.02. The van der Waals surface area contributed by atoms with E-state index in [0.29, 0.717) is 0 Å². The molecule has 108 valence electrons. The molecule has 1 aliphatic rings. The lowest BCUT2D eigenvalue weighted by atomic mass is 9.93. The molecular formula is C18H19NOS. The molecule has 0 radical (unpaired) electrons. The van der Waals surface area contributed by atoms with Crippen molar-refractivity contribution in [1.82, 2.24) is 0 Å². The van der Waals surface area contributed by atoms with Crippen LogP contribution in [0.4, 0.5) is 5.69 Å². The van der Waals surface area contributed by atoms with Crippen LogP contribution in [-0.4, -0.2) is 18.7 Å². The maximum Gasteiger partial charge on any atom is 0.234 e. The van der Waals surface area contributed by atoms with Crippen molar-refractivity contribution in [2.24, 2.45) is 0 Å². The number of likely N-dealkylation sites (N-methyl/N-ethyl adjacent to an activating group) is 1. The molecule has 21 heavy (non-hydrogen) atoms. The Hall–Kier alpha value is -1.74. The minimum Gasteiger partial charge on any atom is -0.312 e. The predicted molar refractivity (Wildman–Crippen MR) is 89.1 cm³/mol. The van der Waals surface area contributed by atoms with E-state index in [2.05, 4.69) is 36.6 Å². The number of anilines is 1. The number of nitrogens with zero attached hydrogens (tertiary/aromatic N) is 1. The van der Waals surface area contributed by atoms with E-state index in [9.17, 15) is 4.79 Å². The average molecular weight is 297 g/mol. The van der Waals surface area contributed by atoms with Crippen molar-refractivity contribution in [2.75, 3.05) is 17.7 Å². The van der Waals surface area contributed by atoms with Crippen LogP contribution in [0.15, 0.2) is 53.4 Å². The van der Waals surface area contributed by atoms with Gasteiger partial charge in [0.1, 0.15) is 0 Å². The zero-order valence-electron chi connectivity index (χ0n) is 12.4. The molecule has 3 heteroatoms. The third-order valence-corrected chi connectivity index (χ3v) is 4.83. The normalized spacial score (nSPS) is 17.1. The van der Waals surface area contributed by atoms with Gasteiger partial charge in [0.2, 0.25) is 5.91 Å². The summed E-state index contributed by atoms with van der Waals surface area (Å²) in [7, 11) is 0. The third-order valence-electron chi connectivity index (χ3n) is 4.08. The SMILES string of the molecule is CCN1C(=O)[C@H](Cc2ccc(SC)cc2)c2ccccc21. The molecule has 1 amide bonds. The number of para-hydroxylation sites is 1. The molecule has 0 saturated carbocycles. The summed E-state index contributed by atoms with van der Waals surface area (Å²) in [4.78, 5) is 15.8. The molecule has 0 saturated heterocycles. The van der Waals surface area contributed by atoms with Crippen LogP contribution in [0.5, 0.6) is 0 Å². The molecule has 0 aromatic heterocycles. The largest absolute Gasteiger partial charge is 0.312 e. The summed E-state index contributed by atoms with van der Waals surface area (Å²) in [5, 5.41) is 0. The monoisotopic (exact) mass is 297 g/mol. The van der Waals surface area contributed by atoms with Gasteiger partial charge in [0.25, 0.3) is 0 Å². The van der Waals surface area contributed by atoms with Crippen molar-refractivity contribution in [2.45, 2.75) is 24.2 Å². The van der Waals surface area contributed by atoms with Crippen LogP contribution < -0.4 is 4.90 Å². The summed E-state index contributed by atoms with van der Waals surface area (Å²) in [5.74, 6) is 0.189. The maximum absolute atomic E-state index is 12.6. The van der Waals surface area contributed by atoms with Crippen LogP contribution in [0.2, 0.25) is 0 Å². The number of hydrogen-bond acceptors (Lipinski definition) is 2. The molecule has 2 aromatic rings. The molecule has 2 aromatic carbocycles. The standard InChI is InChI=1S/C18H19NOS/c1-3-19-17-7-5-4-6-15(17)16(18(19)20)12-13-8-10-14(21-2)11-9-13/h4-11,16H,3,12H2,1-2H3/t16-/m1/s1. The molecule has 1 aliphatic heterocycles. The van der Waals surface area contributed by atoms with Gasteiger partial charge in [-0.3, -0.25) is 4.79 Å². The predicted octanol–water partition coefficient (Wildman–Crippen LogP) is 4.10. The van der Waals surface area contributed by atoms with E-state index < -0.39 is 0 Å². The van der Waals surface area contributed by atoms with E-state index in [-0.39, 0.29) is 11.8 Å². The molecule has 0 fully saturated rings. The van der Waals surface area contributed by atoms with Gasteiger partial charge in [-0.2, -0.15) is 0 Å².